The maximum Gasteiger partial charge on any atom is 0.138 e. The van der Waals surface area contributed by atoms with Gasteiger partial charge < -0.3 is 5.32 Å². The number of benzene rings is 2. The van der Waals surface area contributed by atoms with E-state index in [4.69, 9.17) is 0 Å². The Hall–Kier alpha value is -2.45. The summed E-state index contributed by atoms with van der Waals surface area (Å²) >= 11 is 0. The smallest absolute Gasteiger partial charge is 0.138 e. The van der Waals surface area contributed by atoms with Gasteiger partial charge in [0.25, 0.3) is 0 Å². The highest BCUT2D eigenvalue weighted by Crippen LogP contribution is 2.38. The van der Waals surface area contributed by atoms with Gasteiger partial charge in [-0.2, -0.15) is 0 Å². The van der Waals surface area contributed by atoms with Crippen molar-refractivity contribution in [2.24, 2.45) is 11.8 Å². The summed E-state index contributed by atoms with van der Waals surface area (Å²) in [4.78, 5) is 13.1. The van der Waals surface area contributed by atoms with Crippen molar-refractivity contribution in [3.05, 3.63) is 82.4 Å². The molecule has 1 aliphatic carbocycles. The lowest BCUT2D eigenvalue weighted by molar-refractivity contribution is -0.126. The minimum absolute atomic E-state index is 0.0887. The lowest BCUT2D eigenvalue weighted by Crippen LogP contribution is -2.34. The number of hydrogen-bond acceptors (Lipinski definition) is 2. The van der Waals surface area contributed by atoms with Crippen LogP contribution in [0, 0.1) is 25.7 Å². The molecule has 2 heteroatoms. The average molecular weight is 458 g/mol. The van der Waals surface area contributed by atoms with Gasteiger partial charge in [0.15, 0.2) is 0 Å². The topological polar surface area (TPSA) is 29.1 Å². The van der Waals surface area contributed by atoms with Crippen molar-refractivity contribution in [2.45, 2.75) is 79.7 Å². The first kappa shape index (κ1) is 26.2. The molecule has 2 atom stereocenters. The van der Waals surface area contributed by atoms with E-state index in [2.05, 4.69) is 87.6 Å². The maximum atomic E-state index is 13.1. The standard InChI is InChI=1S/C30H37NO.C2H6/c1-20-9-13-24(14-10-20)27-17-18-31-28(19-22(3)30(32)26-7-5-6-8-26)23(4)29(27)25-15-11-21(2)12-16-25;1-2/h9-17,22,26,28,31H,5-8,18-19H2,1-4H3;1-2H3. The van der Waals surface area contributed by atoms with Gasteiger partial charge in [-0.25, -0.2) is 0 Å². The molecule has 0 radical (unpaired) electrons. The van der Waals surface area contributed by atoms with E-state index in [1.165, 1.54) is 51.8 Å². The summed E-state index contributed by atoms with van der Waals surface area (Å²) in [5, 5.41) is 3.74. The van der Waals surface area contributed by atoms with Gasteiger partial charge >= 0.3 is 0 Å². The van der Waals surface area contributed by atoms with Crippen molar-refractivity contribution in [3.63, 3.8) is 0 Å². The van der Waals surface area contributed by atoms with Crippen LogP contribution in [-0.2, 0) is 4.79 Å². The van der Waals surface area contributed by atoms with Gasteiger partial charge in [0.05, 0.1) is 0 Å². The second-order valence-electron chi connectivity index (χ2n) is 9.89. The SMILES string of the molecule is CC.CC1=C(c2ccc(C)cc2)C(c2ccc(C)cc2)=CCNC1CC(C)C(=O)C1CCCC1. The molecule has 0 saturated heterocycles. The minimum atomic E-state index is 0.0887. The number of allylic oxidation sites excluding steroid dienone is 2. The predicted octanol–water partition coefficient (Wildman–Crippen LogP) is 7.94. The maximum absolute atomic E-state index is 13.1. The molecule has 4 rings (SSSR count). The monoisotopic (exact) mass is 457 g/mol. The van der Waals surface area contributed by atoms with Crippen LogP contribution in [-0.4, -0.2) is 18.4 Å². The van der Waals surface area contributed by atoms with E-state index in [-0.39, 0.29) is 17.9 Å². The largest absolute Gasteiger partial charge is 0.307 e. The molecule has 0 spiro atoms. The molecule has 182 valence electrons. The number of hydrogen-bond donors (Lipinski definition) is 1. The molecule has 0 amide bonds. The summed E-state index contributed by atoms with van der Waals surface area (Å²) < 4.78 is 0. The zero-order chi connectivity index (χ0) is 24.7. The number of carbonyl (C=O) groups is 1. The molecule has 2 nitrogen and oxygen atoms in total. The van der Waals surface area contributed by atoms with Gasteiger partial charge in [-0.15, -0.1) is 0 Å². The molecular formula is C32H43NO. The summed E-state index contributed by atoms with van der Waals surface area (Å²) in [5.41, 5.74) is 8.99. The summed E-state index contributed by atoms with van der Waals surface area (Å²) in [6, 6.07) is 17.9. The lowest BCUT2D eigenvalue weighted by Gasteiger charge is -2.25. The van der Waals surface area contributed by atoms with Crippen molar-refractivity contribution < 1.29 is 4.79 Å². The summed E-state index contributed by atoms with van der Waals surface area (Å²) in [6.45, 7) is 13.5. The average Bonchev–Trinajstić information content (AvgIpc) is 3.34. The third-order valence-corrected chi connectivity index (χ3v) is 7.39. The summed E-state index contributed by atoms with van der Waals surface area (Å²) in [5.74, 6) is 0.855. The van der Waals surface area contributed by atoms with Crippen molar-refractivity contribution in [3.8, 4) is 0 Å². The molecule has 0 bridgehead atoms. The van der Waals surface area contributed by atoms with Crippen LogP contribution in [0.3, 0.4) is 0 Å². The second kappa shape index (κ2) is 12.3. The van der Waals surface area contributed by atoms with E-state index in [0.717, 1.165) is 25.8 Å². The zero-order valence-electron chi connectivity index (χ0n) is 22.1. The molecule has 0 aromatic heterocycles. The second-order valence-corrected chi connectivity index (χ2v) is 9.89. The molecule has 2 aliphatic rings. The quantitative estimate of drug-likeness (QED) is 0.477. The first-order chi connectivity index (χ1) is 16.4. The van der Waals surface area contributed by atoms with Gasteiger partial charge in [0.2, 0.25) is 0 Å². The van der Waals surface area contributed by atoms with E-state index in [1.807, 2.05) is 13.8 Å². The zero-order valence-corrected chi connectivity index (χ0v) is 22.1. The van der Waals surface area contributed by atoms with Gasteiger partial charge in [0.1, 0.15) is 5.78 Å². The van der Waals surface area contributed by atoms with E-state index in [9.17, 15) is 4.79 Å². The van der Waals surface area contributed by atoms with Gasteiger partial charge in [-0.3, -0.25) is 4.79 Å². The Morgan fingerprint density at radius 3 is 1.97 bits per heavy atom. The van der Waals surface area contributed by atoms with Crippen LogP contribution in [0.5, 0.6) is 0 Å². The Morgan fingerprint density at radius 2 is 1.41 bits per heavy atom. The first-order valence-electron chi connectivity index (χ1n) is 13.3. The number of Topliss-reactive ketones (excluding diaryl/α,β-unsaturated/α-hetero) is 1. The van der Waals surface area contributed by atoms with Crippen LogP contribution in [0.2, 0.25) is 0 Å². The van der Waals surface area contributed by atoms with Crippen LogP contribution in [0.4, 0.5) is 0 Å². The molecule has 1 fully saturated rings. The molecule has 1 heterocycles. The predicted molar refractivity (Wildman–Crippen MR) is 147 cm³/mol. The van der Waals surface area contributed by atoms with Crippen molar-refractivity contribution in [1.82, 2.24) is 5.32 Å². The Bertz CT molecular complexity index is 1000. The minimum Gasteiger partial charge on any atom is -0.307 e. The molecule has 2 unspecified atom stereocenters. The highest BCUT2D eigenvalue weighted by Gasteiger charge is 2.30. The van der Waals surface area contributed by atoms with E-state index >= 15 is 0 Å². The van der Waals surface area contributed by atoms with E-state index < -0.39 is 0 Å². The summed E-state index contributed by atoms with van der Waals surface area (Å²) in [6.07, 6.45) is 7.79. The molecule has 2 aromatic rings. The van der Waals surface area contributed by atoms with Crippen LogP contribution < -0.4 is 5.32 Å². The van der Waals surface area contributed by atoms with Crippen molar-refractivity contribution in [1.29, 1.82) is 0 Å². The van der Waals surface area contributed by atoms with Gasteiger partial charge in [-0.05, 0) is 67.9 Å². The van der Waals surface area contributed by atoms with Gasteiger partial charge in [0, 0.05) is 24.4 Å². The lowest BCUT2D eigenvalue weighted by atomic mass is 9.83. The Morgan fingerprint density at radius 1 is 0.882 bits per heavy atom. The van der Waals surface area contributed by atoms with Gasteiger partial charge in [-0.1, -0.05) is 99.3 Å². The fraction of sp³-hybridized carbons (Fsp3) is 0.469. The third kappa shape index (κ3) is 6.16. The Kier molecular flexibility index (Phi) is 9.47. The van der Waals surface area contributed by atoms with E-state index in [0.29, 0.717) is 5.78 Å². The molecule has 34 heavy (non-hydrogen) atoms. The van der Waals surface area contributed by atoms with Crippen LogP contribution in [0.25, 0.3) is 11.1 Å². The fourth-order valence-electron chi connectivity index (χ4n) is 5.39. The number of aryl methyl sites for hydroxylation is 2. The highest BCUT2D eigenvalue weighted by molar-refractivity contribution is 6.06. The van der Waals surface area contributed by atoms with Crippen LogP contribution >= 0.6 is 0 Å². The fourth-order valence-corrected chi connectivity index (χ4v) is 5.39. The number of rotatable bonds is 6. The van der Waals surface area contributed by atoms with Crippen LogP contribution in [0.15, 0.2) is 60.2 Å². The number of ketones is 1. The van der Waals surface area contributed by atoms with Crippen LogP contribution in [0.1, 0.15) is 82.1 Å². The first-order valence-corrected chi connectivity index (χ1v) is 13.3. The Balaban J connectivity index is 0.00000158. The summed E-state index contributed by atoms with van der Waals surface area (Å²) in [7, 11) is 0. The number of carbonyl (C=O) groups excluding carboxylic acids is 1. The normalized spacial score (nSPS) is 19.7. The highest BCUT2D eigenvalue weighted by atomic mass is 16.1. The molecular weight excluding hydrogens is 414 g/mol. The van der Waals surface area contributed by atoms with E-state index in [1.54, 1.807) is 0 Å². The molecule has 1 saturated carbocycles. The third-order valence-electron chi connectivity index (χ3n) is 7.39. The van der Waals surface area contributed by atoms with Crippen molar-refractivity contribution >= 4 is 16.9 Å². The van der Waals surface area contributed by atoms with Crippen molar-refractivity contribution in [2.75, 3.05) is 6.54 Å². The molecule has 1 N–H and O–H groups in total. The molecule has 2 aromatic carbocycles. The Labute approximate surface area is 207 Å². The molecule has 1 aliphatic heterocycles. The number of nitrogens with one attached hydrogen (secondary N) is 1.